The summed E-state index contributed by atoms with van der Waals surface area (Å²) in [5, 5.41) is 11.1. The number of pyridine rings is 1. The molecule has 0 aromatic carbocycles. The minimum Gasteiger partial charge on any atom is -0.383 e. The molecule has 0 bridgehead atoms. The maximum absolute atomic E-state index is 13.1. The van der Waals surface area contributed by atoms with Crippen molar-refractivity contribution in [1.29, 1.82) is 0 Å². The quantitative estimate of drug-likeness (QED) is 0.896. The molecule has 0 saturated heterocycles. The molecule has 1 fully saturated rings. The van der Waals surface area contributed by atoms with Gasteiger partial charge in [0, 0.05) is 12.0 Å². The summed E-state index contributed by atoms with van der Waals surface area (Å²) in [6.45, 7) is 6.69. The highest BCUT2D eigenvalue weighted by Gasteiger charge is 2.49. The van der Waals surface area contributed by atoms with E-state index in [-0.39, 0.29) is 11.2 Å². The highest BCUT2D eigenvalue weighted by Crippen LogP contribution is 2.51. The first-order chi connectivity index (χ1) is 9.82. The maximum Gasteiger partial charge on any atom is 0.141 e. The van der Waals surface area contributed by atoms with E-state index in [9.17, 15) is 9.50 Å². The van der Waals surface area contributed by atoms with E-state index in [4.69, 9.17) is 5.73 Å². The molecule has 3 N–H and O–H groups in total. The molecule has 1 heterocycles. The fourth-order valence-corrected chi connectivity index (χ4v) is 3.68. The molecule has 1 aromatic rings. The molecule has 1 unspecified atom stereocenters. The van der Waals surface area contributed by atoms with Gasteiger partial charge < -0.3 is 10.8 Å². The van der Waals surface area contributed by atoms with E-state index in [1.54, 1.807) is 13.0 Å². The van der Waals surface area contributed by atoms with Crippen molar-refractivity contribution in [1.82, 2.24) is 4.98 Å². The van der Waals surface area contributed by atoms with Crippen LogP contribution in [0.4, 0.5) is 4.39 Å². The van der Waals surface area contributed by atoms with Crippen molar-refractivity contribution in [3.05, 3.63) is 29.8 Å². The molecule has 1 aliphatic carbocycles. The van der Waals surface area contributed by atoms with Crippen molar-refractivity contribution in [2.24, 2.45) is 23.0 Å². The van der Waals surface area contributed by atoms with Crippen molar-refractivity contribution in [2.45, 2.75) is 52.1 Å². The van der Waals surface area contributed by atoms with Crippen LogP contribution in [0.5, 0.6) is 0 Å². The van der Waals surface area contributed by atoms with Crippen molar-refractivity contribution in [3.8, 4) is 0 Å². The van der Waals surface area contributed by atoms with Crippen LogP contribution in [0, 0.1) is 23.1 Å². The summed E-state index contributed by atoms with van der Waals surface area (Å²) in [6, 6.07) is 2.92. The standard InChI is InChI=1S/C17H27FN2O/c1-12(2)13-6-8-17(11-19,9-7-13)16(3,21)15-5-4-14(18)10-20-15/h4-5,10,12-13,21H,6-9,11,19H2,1-3H3. The average molecular weight is 294 g/mol. The Balaban J connectivity index is 2.25. The number of aliphatic hydroxyl groups is 1. The Bertz CT molecular complexity index is 462. The zero-order chi connectivity index (χ0) is 15.7. The minimum absolute atomic E-state index is 0.372. The molecule has 21 heavy (non-hydrogen) atoms. The van der Waals surface area contributed by atoms with Gasteiger partial charge in [0.15, 0.2) is 0 Å². The fourth-order valence-electron chi connectivity index (χ4n) is 3.68. The Morgan fingerprint density at radius 2 is 2.05 bits per heavy atom. The highest BCUT2D eigenvalue weighted by molar-refractivity contribution is 5.18. The van der Waals surface area contributed by atoms with Gasteiger partial charge in [0.05, 0.1) is 11.9 Å². The van der Waals surface area contributed by atoms with Crippen LogP contribution < -0.4 is 5.73 Å². The lowest BCUT2D eigenvalue weighted by Crippen LogP contribution is -2.51. The number of hydrogen-bond acceptors (Lipinski definition) is 3. The molecule has 1 saturated carbocycles. The lowest BCUT2D eigenvalue weighted by atomic mass is 9.59. The molecule has 2 rings (SSSR count). The normalized spacial score (nSPS) is 29.4. The molecular weight excluding hydrogens is 267 g/mol. The molecule has 1 aromatic heterocycles. The van der Waals surface area contributed by atoms with Crippen LogP contribution >= 0.6 is 0 Å². The van der Waals surface area contributed by atoms with Crippen molar-refractivity contribution in [2.75, 3.05) is 6.54 Å². The Kier molecular flexibility index (Phi) is 4.69. The maximum atomic E-state index is 13.1. The predicted octanol–water partition coefficient (Wildman–Crippen LogP) is 3.22. The molecule has 0 aliphatic heterocycles. The number of hydrogen-bond donors (Lipinski definition) is 2. The van der Waals surface area contributed by atoms with E-state index in [0.717, 1.165) is 31.9 Å². The van der Waals surface area contributed by atoms with E-state index in [0.29, 0.717) is 24.1 Å². The second kappa shape index (κ2) is 6.01. The SMILES string of the molecule is CC(C)C1CCC(CN)(C(C)(O)c2ccc(F)cn2)CC1. The zero-order valence-electron chi connectivity index (χ0n) is 13.3. The summed E-state index contributed by atoms with van der Waals surface area (Å²) in [6.07, 6.45) is 5.09. The first kappa shape index (κ1) is 16.4. The highest BCUT2D eigenvalue weighted by atomic mass is 19.1. The third-order valence-corrected chi connectivity index (χ3v) is 5.58. The van der Waals surface area contributed by atoms with E-state index in [2.05, 4.69) is 18.8 Å². The lowest BCUT2D eigenvalue weighted by Gasteiger charge is -2.49. The third-order valence-electron chi connectivity index (χ3n) is 5.58. The van der Waals surface area contributed by atoms with Gasteiger partial charge in [-0.3, -0.25) is 4.98 Å². The van der Waals surface area contributed by atoms with Crippen LogP contribution in [0.15, 0.2) is 18.3 Å². The molecule has 0 amide bonds. The van der Waals surface area contributed by atoms with E-state index < -0.39 is 5.60 Å². The smallest absolute Gasteiger partial charge is 0.141 e. The van der Waals surface area contributed by atoms with Crippen LogP contribution in [0.25, 0.3) is 0 Å². The number of halogens is 1. The molecule has 0 spiro atoms. The second-order valence-electron chi connectivity index (χ2n) is 7.00. The zero-order valence-corrected chi connectivity index (χ0v) is 13.3. The first-order valence-electron chi connectivity index (χ1n) is 7.87. The summed E-state index contributed by atoms with van der Waals surface area (Å²) < 4.78 is 13.1. The Morgan fingerprint density at radius 3 is 2.48 bits per heavy atom. The van der Waals surface area contributed by atoms with Gasteiger partial charge in [0.1, 0.15) is 11.4 Å². The number of aromatic nitrogens is 1. The molecule has 0 radical (unpaired) electrons. The summed E-state index contributed by atoms with van der Waals surface area (Å²) in [5.74, 6) is 0.969. The van der Waals surface area contributed by atoms with Crippen LogP contribution in [0.1, 0.15) is 52.1 Å². The molecule has 118 valence electrons. The van der Waals surface area contributed by atoms with Gasteiger partial charge in [0.25, 0.3) is 0 Å². The van der Waals surface area contributed by atoms with Gasteiger partial charge in [-0.05, 0) is 56.6 Å². The largest absolute Gasteiger partial charge is 0.383 e. The van der Waals surface area contributed by atoms with Crippen molar-refractivity contribution >= 4 is 0 Å². The fraction of sp³-hybridized carbons (Fsp3) is 0.706. The van der Waals surface area contributed by atoms with Gasteiger partial charge >= 0.3 is 0 Å². The van der Waals surface area contributed by atoms with Crippen LogP contribution in [-0.4, -0.2) is 16.6 Å². The topological polar surface area (TPSA) is 59.1 Å². The van der Waals surface area contributed by atoms with E-state index in [1.165, 1.54) is 6.07 Å². The van der Waals surface area contributed by atoms with E-state index in [1.807, 2.05) is 0 Å². The number of nitrogens with two attached hydrogens (primary N) is 1. The van der Waals surface area contributed by atoms with Crippen LogP contribution in [0.3, 0.4) is 0 Å². The van der Waals surface area contributed by atoms with Crippen molar-refractivity contribution < 1.29 is 9.50 Å². The lowest BCUT2D eigenvalue weighted by molar-refractivity contribution is -0.103. The molecule has 4 heteroatoms. The third kappa shape index (κ3) is 2.97. The van der Waals surface area contributed by atoms with Gasteiger partial charge in [-0.25, -0.2) is 4.39 Å². The van der Waals surface area contributed by atoms with Crippen molar-refractivity contribution in [3.63, 3.8) is 0 Å². The predicted molar refractivity (Wildman–Crippen MR) is 82.0 cm³/mol. The summed E-state index contributed by atoms with van der Waals surface area (Å²) in [5.41, 5.74) is 5.06. The summed E-state index contributed by atoms with van der Waals surface area (Å²) in [7, 11) is 0. The second-order valence-corrected chi connectivity index (χ2v) is 7.00. The van der Waals surface area contributed by atoms with Gasteiger partial charge in [-0.2, -0.15) is 0 Å². The molecule has 1 aliphatic rings. The molecule has 1 atom stereocenters. The Morgan fingerprint density at radius 1 is 1.43 bits per heavy atom. The van der Waals surface area contributed by atoms with Gasteiger partial charge in [-0.1, -0.05) is 13.8 Å². The monoisotopic (exact) mass is 294 g/mol. The van der Waals surface area contributed by atoms with E-state index >= 15 is 0 Å². The molecule has 3 nitrogen and oxygen atoms in total. The van der Waals surface area contributed by atoms with Gasteiger partial charge in [-0.15, -0.1) is 0 Å². The number of nitrogens with zero attached hydrogens (tertiary/aromatic N) is 1. The minimum atomic E-state index is -1.13. The average Bonchev–Trinajstić information content (AvgIpc) is 2.47. The van der Waals surface area contributed by atoms with Gasteiger partial charge in [0.2, 0.25) is 0 Å². The summed E-state index contributed by atoms with van der Waals surface area (Å²) in [4.78, 5) is 4.09. The molecular formula is C17H27FN2O. The first-order valence-corrected chi connectivity index (χ1v) is 7.87. The number of rotatable bonds is 4. The Labute approximate surface area is 126 Å². The summed E-state index contributed by atoms with van der Waals surface area (Å²) >= 11 is 0. The van der Waals surface area contributed by atoms with Crippen LogP contribution in [-0.2, 0) is 5.60 Å². The van der Waals surface area contributed by atoms with Crippen LogP contribution in [0.2, 0.25) is 0 Å². The Hall–Kier alpha value is -1.00.